The zero-order valence-electron chi connectivity index (χ0n) is 13.7. The Hall–Kier alpha value is -0.750. The number of hydrogen-bond donors (Lipinski definition) is 1. The fourth-order valence-corrected chi connectivity index (χ4v) is 0.517. The van der Waals surface area contributed by atoms with Crippen LogP contribution in [0.5, 0.6) is 0 Å². The van der Waals surface area contributed by atoms with Crippen LogP contribution in [0.4, 0.5) is 0 Å². The molecule has 21 heavy (non-hydrogen) atoms. The lowest BCUT2D eigenvalue weighted by Crippen LogP contribution is -2.17. The van der Waals surface area contributed by atoms with Gasteiger partial charge in [0, 0.05) is 35.0 Å². The number of carbonyl (C=O) groups is 1. The van der Waals surface area contributed by atoms with Gasteiger partial charge in [-0.2, -0.15) is 0 Å². The lowest BCUT2D eigenvalue weighted by atomic mass is 10.3. The lowest BCUT2D eigenvalue weighted by molar-refractivity contribution is -0.125. The maximum absolute atomic E-state index is 10.2. The number of likely N-dealkylation sites (N-methyl/N-ethyl adjacent to an activating group) is 1. The van der Waals surface area contributed by atoms with E-state index in [2.05, 4.69) is 34.9 Å². The fraction of sp³-hybridized carbons (Fsp3) is 0.812. The number of ether oxygens (including phenoxy) is 3. The molecular formula is C16H41NO4. The summed E-state index contributed by atoms with van der Waals surface area (Å²) in [5, 5.41) is 3.12. The molecule has 0 aliphatic heterocycles. The van der Waals surface area contributed by atoms with Crippen LogP contribution in [0.25, 0.3) is 0 Å². The summed E-state index contributed by atoms with van der Waals surface area (Å²) < 4.78 is 13.7. The Morgan fingerprint density at radius 1 is 1.14 bits per heavy atom. The summed E-state index contributed by atoms with van der Waals surface area (Å²) in [5.74, 6) is 0.0718. The number of methoxy groups -OCH3 is 3. The summed E-state index contributed by atoms with van der Waals surface area (Å²) in [6.07, 6.45) is -0.236. The molecule has 0 aromatic heterocycles. The summed E-state index contributed by atoms with van der Waals surface area (Å²) in [5.41, 5.74) is 0. The molecule has 0 fully saturated rings. The third-order valence-electron chi connectivity index (χ3n) is 1.66. The Morgan fingerprint density at radius 2 is 1.52 bits per heavy atom. The van der Waals surface area contributed by atoms with E-state index >= 15 is 0 Å². The van der Waals surface area contributed by atoms with Gasteiger partial charge in [0.05, 0.1) is 6.61 Å². The standard InChI is InChI=1S/C5H13NO.C5H10O2.C2H6O.C2H4.2CH4/c1-3-6-4-5-7-2;1-4(6)5(2)7-3;1-3-2;1-2;;/h6H,3-5H2,1-2H3;5H,1-3H3;1-2H3;1-2H2;2*1H4. The molecule has 0 aliphatic rings. The second kappa shape index (κ2) is 42.7. The van der Waals surface area contributed by atoms with E-state index in [1.165, 1.54) is 14.0 Å². The van der Waals surface area contributed by atoms with Crippen molar-refractivity contribution in [2.75, 3.05) is 48.1 Å². The highest BCUT2D eigenvalue weighted by Gasteiger charge is 2.01. The predicted molar refractivity (Wildman–Crippen MR) is 95.2 cm³/mol. The van der Waals surface area contributed by atoms with Crippen molar-refractivity contribution in [3.63, 3.8) is 0 Å². The minimum atomic E-state index is -0.236. The van der Waals surface area contributed by atoms with Gasteiger partial charge in [-0.15, -0.1) is 13.2 Å². The first-order valence-corrected chi connectivity index (χ1v) is 6.14. The van der Waals surface area contributed by atoms with Gasteiger partial charge in [-0.1, -0.05) is 21.8 Å². The summed E-state index contributed by atoms with van der Waals surface area (Å²) >= 11 is 0. The molecule has 1 unspecified atom stereocenters. The third-order valence-corrected chi connectivity index (χ3v) is 1.66. The smallest absolute Gasteiger partial charge is 0.158 e. The molecule has 134 valence electrons. The topological polar surface area (TPSA) is 56.8 Å². The monoisotopic (exact) mass is 311 g/mol. The molecule has 0 radical (unpaired) electrons. The Bertz CT molecular complexity index is 151. The number of Topliss-reactive ketones (excluding diaryl/α,β-unsaturated/α-hetero) is 1. The Morgan fingerprint density at radius 3 is 1.67 bits per heavy atom. The van der Waals surface area contributed by atoms with E-state index in [1.54, 1.807) is 28.3 Å². The van der Waals surface area contributed by atoms with E-state index in [4.69, 9.17) is 4.74 Å². The number of ketones is 1. The van der Waals surface area contributed by atoms with Crippen molar-refractivity contribution in [1.82, 2.24) is 5.32 Å². The Kier molecular flexibility index (Phi) is 75.2. The molecule has 1 N–H and O–H groups in total. The highest BCUT2D eigenvalue weighted by atomic mass is 16.5. The molecule has 5 heteroatoms. The second-order valence-corrected chi connectivity index (χ2v) is 3.24. The van der Waals surface area contributed by atoms with Crippen molar-refractivity contribution < 1.29 is 19.0 Å². The van der Waals surface area contributed by atoms with Crippen molar-refractivity contribution in [1.29, 1.82) is 0 Å². The molecule has 0 spiro atoms. The first kappa shape index (κ1) is 37.0. The maximum Gasteiger partial charge on any atom is 0.158 e. The van der Waals surface area contributed by atoms with Gasteiger partial charge >= 0.3 is 0 Å². The molecule has 0 heterocycles. The molecule has 0 aromatic rings. The minimum absolute atomic E-state index is 0. The number of carbonyl (C=O) groups excluding carboxylic acids is 1. The second-order valence-electron chi connectivity index (χ2n) is 3.24. The normalized spacial score (nSPS) is 8.71. The van der Waals surface area contributed by atoms with Crippen LogP contribution in [0.15, 0.2) is 13.2 Å². The molecule has 0 saturated carbocycles. The predicted octanol–water partition coefficient (Wildman–Crippen LogP) is 3.19. The van der Waals surface area contributed by atoms with Crippen molar-refractivity contribution in [3.05, 3.63) is 13.2 Å². The van der Waals surface area contributed by atoms with E-state index < -0.39 is 0 Å². The quantitative estimate of drug-likeness (QED) is 0.603. The van der Waals surface area contributed by atoms with Gasteiger partial charge in [0.25, 0.3) is 0 Å². The zero-order valence-corrected chi connectivity index (χ0v) is 13.7. The highest BCUT2D eigenvalue weighted by molar-refractivity contribution is 5.79. The van der Waals surface area contributed by atoms with E-state index in [-0.39, 0.29) is 26.7 Å². The van der Waals surface area contributed by atoms with E-state index in [0.717, 1.165) is 19.7 Å². The summed E-state index contributed by atoms with van der Waals surface area (Å²) in [4.78, 5) is 10.2. The SMILES string of the molecule is C.C.C=C.CCNCCOC.COC.COC(C)C(C)=O. The van der Waals surface area contributed by atoms with Gasteiger partial charge in [0.15, 0.2) is 5.78 Å². The van der Waals surface area contributed by atoms with E-state index in [1.807, 2.05) is 0 Å². The Labute approximate surface area is 134 Å². The van der Waals surface area contributed by atoms with Crippen LogP contribution in [-0.2, 0) is 19.0 Å². The molecular weight excluding hydrogens is 270 g/mol. The van der Waals surface area contributed by atoms with E-state index in [9.17, 15) is 4.79 Å². The van der Waals surface area contributed by atoms with Crippen LogP contribution in [-0.4, -0.2) is 60.0 Å². The number of hydrogen-bond acceptors (Lipinski definition) is 5. The average molecular weight is 312 g/mol. The highest BCUT2D eigenvalue weighted by Crippen LogP contribution is 1.85. The van der Waals surface area contributed by atoms with Crippen molar-refractivity contribution in [2.24, 2.45) is 0 Å². The number of nitrogens with one attached hydrogen (secondary N) is 1. The first-order valence-electron chi connectivity index (χ1n) is 6.14. The maximum atomic E-state index is 10.2. The Balaban J connectivity index is -0.0000000383. The zero-order chi connectivity index (χ0) is 16.1. The summed E-state index contributed by atoms with van der Waals surface area (Å²) in [6.45, 7) is 14.1. The lowest BCUT2D eigenvalue weighted by Gasteiger charge is -2.00. The molecule has 1 atom stereocenters. The molecule has 0 aliphatic carbocycles. The van der Waals surface area contributed by atoms with Crippen LogP contribution in [0, 0.1) is 0 Å². The van der Waals surface area contributed by atoms with Crippen LogP contribution in [0.2, 0.25) is 0 Å². The molecule has 0 bridgehead atoms. The fourth-order valence-electron chi connectivity index (χ4n) is 0.517. The minimum Gasteiger partial charge on any atom is -0.388 e. The van der Waals surface area contributed by atoms with Crippen LogP contribution in [0.3, 0.4) is 0 Å². The van der Waals surface area contributed by atoms with Gasteiger partial charge in [0.2, 0.25) is 0 Å². The van der Waals surface area contributed by atoms with Crippen molar-refractivity contribution >= 4 is 5.78 Å². The van der Waals surface area contributed by atoms with Crippen LogP contribution < -0.4 is 5.32 Å². The van der Waals surface area contributed by atoms with Gasteiger partial charge in [-0.25, -0.2) is 0 Å². The largest absolute Gasteiger partial charge is 0.388 e. The van der Waals surface area contributed by atoms with Crippen LogP contribution >= 0.6 is 0 Å². The van der Waals surface area contributed by atoms with Crippen molar-refractivity contribution in [3.8, 4) is 0 Å². The van der Waals surface area contributed by atoms with Gasteiger partial charge in [-0.05, 0) is 20.4 Å². The van der Waals surface area contributed by atoms with E-state index in [0.29, 0.717) is 0 Å². The van der Waals surface area contributed by atoms with Gasteiger partial charge < -0.3 is 19.5 Å². The third kappa shape index (κ3) is 66.9. The van der Waals surface area contributed by atoms with Crippen molar-refractivity contribution in [2.45, 2.75) is 41.7 Å². The molecule has 0 rings (SSSR count). The van der Waals surface area contributed by atoms with Gasteiger partial charge in [-0.3, -0.25) is 4.79 Å². The van der Waals surface area contributed by atoms with Gasteiger partial charge in [0.1, 0.15) is 6.10 Å². The molecule has 5 nitrogen and oxygen atoms in total. The summed E-state index contributed by atoms with van der Waals surface area (Å²) in [7, 11) is 6.48. The number of rotatable bonds is 6. The summed E-state index contributed by atoms with van der Waals surface area (Å²) in [6, 6.07) is 0. The molecule has 0 saturated heterocycles. The first-order chi connectivity index (χ1) is 9.01. The molecule has 0 aromatic carbocycles. The average Bonchev–Trinajstić information content (AvgIpc) is 2.42. The van der Waals surface area contributed by atoms with Crippen LogP contribution in [0.1, 0.15) is 35.6 Å². The molecule has 0 amide bonds.